The van der Waals surface area contributed by atoms with Gasteiger partial charge in [0.2, 0.25) is 21.8 Å². The number of benzene rings is 2. The van der Waals surface area contributed by atoms with E-state index in [1.165, 1.54) is 0 Å². The summed E-state index contributed by atoms with van der Waals surface area (Å²) in [7, 11) is -3.70. The Morgan fingerprint density at radius 3 is 2.41 bits per heavy atom. The first-order valence-electron chi connectivity index (χ1n) is 12.8. The molecule has 37 heavy (non-hydrogen) atoms. The summed E-state index contributed by atoms with van der Waals surface area (Å²) in [5.74, 6) is -0.499. The fourth-order valence-corrected chi connectivity index (χ4v) is 6.53. The van der Waals surface area contributed by atoms with E-state index in [4.69, 9.17) is 11.1 Å². The van der Waals surface area contributed by atoms with Crippen LogP contribution in [0.3, 0.4) is 0 Å². The number of hydrogen-bond donors (Lipinski definition) is 3. The van der Waals surface area contributed by atoms with E-state index in [2.05, 4.69) is 5.32 Å². The molecule has 1 heterocycles. The van der Waals surface area contributed by atoms with Crippen LogP contribution >= 0.6 is 0 Å². The molecular formula is C27H35N5O4S. The van der Waals surface area contributed by atoms with Gasteiger partial charge in [0.05, 0.1) is 11.4 Å². The molecule has 0 radical (unpaired) electrons. The lowest BCUT2D eigenvalue weighted by atomic mass is 9.84. The normalized spacial score (nSPS) is 21.2. The van der Waals surface area contributed by atoms with Crippen molar-refractivity contribution in [1.29, 1.82) is 5.41 Å². The quantitative estimate of drug-likeness (QED) is 0.341. The summed E-state index contributed by atoms with van der Waals surface area (Å²) in [6, 6.07) is 15.0. The van der Waals surface area contributed by atoms with Gasteiger partial charge in [0.25, 0.3) is 0 Å². The van der Waals surface area contributed by atoms with Crippen LogP contribution in [0.4, 0.5) is 5.69 Å². The summed E-state index contributed by atoms with van der Waals surface area (Å²) in [5.41, 5.74) is 7.41. The molecule has 2 aromatic carbocycles. The van der Waals surface area contributed by atoms with E-state index in [0.717, 1.165) is 35.6 Å². The molecule has 0 aromatic heterocycles. The Kier molecular flexibility index (Phi) is 8.16. The predicted octanol–water partition coefficient (Wildman–Crippen LogP) is 2.60. The minimum absolute atomic E-state index is 0.0204. The van der Waals surface area contributed by atoms with Crippen molar-refractivity contribution >= 4 is 33.4 Å². The van der Waals surface area contributed by atoms with Crippen LogP contribution < -0.4 is 15.4 Å². The Morgan fingerprint density at radius 1 is 1.08 bits per heavy atom. The lowest BCUT2D eigenvalue weighted by Crippen LogP contribution is -2.53. The molecule has 2 aliphatic rings. The first kappa shape index (κ1) is 26.7. The van der Waals surface area contributed by atoms with Gasteiger partial charge in [-0.05, 0) is 49.8 Å². The topological polar surface area (TPSA) is 137 Å². The number of sulfonamides is 1. The van der Waals surface area contributed by atoms with Gasteiger partial charge >= 0.3 is 0 Å². The maximum absolute atomic E-state index is 13.7. The third-order valence-electron chi connectivity index (χ3n) is 7.43. The molecule has 0 spiro atoms. The Bertz CT molecular complexity index is 1230. The molecule has 10 heteroatoms. The molecule has 1 aliphatic heterocycles. The monoisotopic (exact) mass is 525 g/mol. The molecule has 198 valence electrons. The number of carbonyl (C=O) groups is 2. The van der Waals surface area contributed by atoms with Gasteiger partial charge in [-0.1, -0.05) is 55.3 Å². The molecular weight excluding hydrogens is 490 g/mol. The second-order valence-electron chi connectivity index (χ2n) is 9.74. The van der Waals surface area contributed by atoms with Crippen molar-refractivity contribution in [3.63, 3.8) is 0 Å². The second-order valence-corrected chi connectivity index (χ2v) is 11.9. The molecule has 3 atom stereocenters. The van der Waals surface area contributed by atoms with Gasteiger partial charge in [0.15, 0.2) is 0 Å². The Labute approximate surface area is 218 Å². The van der Waals surface area contributed by atoms with E-state index >= 15 is 0 Å². The average Bonchev–Trinajstić information content (AvgIpc) is 3.31. The van der Waals surface area contributed by atoms with Gasteiger partial charge in [0.1, 0.15) is 18.4 Å². The molecule has 1 saturated heterocycles. The fraction of sp³-hybridized carbons (Fsp3) is 0.444. The van der Waals surface area contributed by atoms with Crippen molar-refractivity contribution in [2.45, 2.75) is 57.7 Å². The van der Waals surface area contributed by atoms with Crippen LogP contribution in [0.2, 0.25) is 0 Å². The number of anilines is 1. The van der Waals surface area contributed by atoms with Crippen LogP contribution in [0.5, 0.6) is 0 Å². The number of nitrogens with two attached hydrogens (primary N) is 1. The number of hydrogen-bond acceptors (Lipinski definition) is 5. The van der Waals surface area contributed by atoms with E-state index in [1.54, 1.807) is 54.3 Å². The van der Waals surface area contributed by atoms with Gasteiger partial charge in [-0.15, -0.1) is 0 Å². The molecule has 4 rings (SSSR count). The van der Waals surface area contributed by atoms with Gasteiger partial charge in [0, 0.05) is 18.2 Å². The number of rotatable bonds is 9. The number of amidine groups is 1. The molecule has 4 N–H and O–H groups in total. The highest BCUT2D eigenvalue weighted by atomic mass is 32.2. The predicted molar refractivity (Wildman–Crippen MR) is 144 cm³/mol. The smallest absolute Gasteiger partial charge is 0.244 e. The van der Waals surface area contributed by atoms with Crippen molar-refractivity contribution < 1.29 is 18.0 Å². The Morgan fingerprint density at radius 2 is 1.76 bits per heavy atom. The van der Waals surface area contributed by atoms with Crippen LogP contribution in [-0.2, 0) is 26.2 Å². The Balaban J connectivity index is 1.53. The zero-order valence-corrected chi connectivity index (χ0v) is 21.9. The third kappa shape index (κ3) is 5.95. The molecule has 0 unspecified atom stereocenters. The standard InChI is InChI=1S/C27H35N5O4S/c1-2-37(35,36)31(22-9-4-3-5-10-22)18-25(33)32-23-11-7-6-8-21(23)16-24(32)27(34)30-17-19-12-14-20(15-13-19)26(28)29/h3-5,9-10,12-15,21,23-24H,2,6-8,11,16-18H2,1H3,(H3,28,29)(H,30,34)/t21-,23-,24+/m1/s1. The summed E-state index contributed by atoms with van der Waals surface area (Å²) in [6.07, 6.45) is 4.41. The molecule has 1 aliphatic carbocycles. The van der Waals surface area contributed by atoms with Crippen LogP contribution in [-0.4, -0.2) is 55.3 Å². The second kappa shape index (κ2) is 11.3. The zero-order chi connectivity index (χ0) is 26.6. The number of carbonyl (C=O) groups excluding carboxylic acids is 2. The minimum atomic E-state index is -3.70. The van der Waals surface area contributed by atoms with Crippen LogP contribution in [0, 0.1) is 11.3 Å². The number of nitrogens with zero attached hydrogens (tertiary/aromatic N) is 2. The molecule has 2 amide bonds. The lowest BCUT2D eigenvalue weighted by molar-refractivity contribution is -0.139. The third-order valence-corrected chi connectivity index (χ3v) is 9.18. The molecule has 0 bridgehead atoms. The molecule has 1 saturated carbocycles. The maximum atomic E-state index is 13.7. The number of para-hydroxylation sites is 1. The summed E-state index contributed by atoms with van der Waals surface area (Å²) >= 11 is 0. The summed E-state index contributed by atoms with van der Waals surface area (Å²) < 4.78 is 27.0. The minimum Gasteiger partial charge on any atom is -0.384 e. The number of amides is 2. The first-order chi connectivity index (χ1) is 17.7. The zero-order valence-electron chi connectivity index (χ0n) is 21.1. The van der Waals surface area contributed by atoms with E-state index in [-0.39, 0.29) is 48.5 Å². The number of likely N-dealkylation sites (tertiary alicyclic amines) is 1. The van der Waals surface area contributed by atoms with Gasteiger partial charge in [-0.2, -0.15) is 0 Å². The lowest BCUT2D eigenvalue weighted by Gasteiger charge is -2.35. The maximum Gasteiger partial charge on any atom is 0.244 e. The van der Waals surface area contributed by atoms with Gasteiger partial charge < -0.3 is 16.0 Å². The van der Waals surface area contributed by atoms with E-state index < -0.39 is 16.1 Å². The number of nitrogen functional groups attached to an aromatic ring is 1. The average molecular weight is 526 g/mol. The van der Waals surface area contributed by atoms with Crippen molar-refractivity contribution in [3.8, 4) is 0 Å². The highest BCUT2D eigenvalue weighted by Gasteiger charge is 2.47. The van der Waals surface area contributed by atoms with E-state index in [9.17, 15) is 18.0 Å². The molecule has 2 fully saturated rings. The van der Waals surface area contributed by atoms with Crippen molar-refractivity contribution in [2.24, 2.45) is 11.7 Å². The summed E-state index contributed by atoms with van der Waals surface area (Å²) in [6.45, 7) is 1.51. The summed E-state index contributed by atoms with van der Waals surface area (Å²) in [4.78, 5) is 28.8. The van der Waals surface area contributed by atoms with E-state index in [1.807, 2.05) is 12.1 Å². The number of nitrogens with one attached hydrogen (secondary N) is 2. The van der Waals surface area contributed by atoms with Crippen molar-refractivity contribution in [3.05, 3.63) is 65.7 Å². The summed E-state index contributed by atoms with van der Waals surface area (Å²) in [5, 5.41) is 10.5. The van der Waals surface area contributed by atoms with Crippen LogP contribution in [0.25, 0.3) is 0 Å². The fourth-order valence-electron chi connectivity index (χ4n) is 5.47. The molecule has 9 nitrogen and oxygen atoms in total. The number of fused-ring (bicyclic) bond motifs is 1. The SMILES string of the molecule is CCS(=O)(=O)N(CC(=O)N1[C@@H]2CCCC[C@@H]2C[C@H]1C(=O)NCc1ccc(C(=N)N)cc1)c1ccccc1. The Hall–Kier alpha value is -3.40. The largest absolute Gasteiger partial charge is 0.384 e. The van der Waals surface area contributed by atoms with Gasteiger partial charge in [-0.3, -0.25) is 19.3 Å². The first-order valence-corrected chi connectivity index (χ1v) is 14.4. The highest BCUT2D eigenvalue weighted by molar-refractivity contribution is 7.92. The van der Waals surface area contributed by atoms with E-state index in [0.29, 0.717) is 17.7 Å². The van der Waals surface area contributed by atoms with Crippen molar-refractivity contribution in [1.82, 2.24) is 10.2 Å². The van der Waals surface area contributed by atoms with Crippen LogP contribution in [0.1, 0.15) is 50.2 Å². The van der Waals surface area contributed by atoms with Crippen molar-refractivity contribution in [2.75, 3.05) is 16.6 Å². The van der Waals surface area contributed by atoms with Crippen LogP contribution in [0.15, 0.2) is 54.6 Å². The molecule has 2 aromatic rings. The highest BCUT2D eigenvalue weighted by Crippen LogP contribution is 2.40. The van der Waals surface area contributed by atoms with Gasteiger partial charge in [-0.25, -0.2) is 8.42 Å².